The Morgan fingerprint density at radius 2 is 2.13 bits per heavy atom. The first-order valence-electron chi connectivity index (χ1n) is 4.85. The lowest BCUT2D eigenvalue weighted by Gasteiger charge is -2.06. The van der Waals surface area contributed by atoms with Crippen LogP contribution >= 0.6 is 0 Å². The summed E-state index contributed by atoms with van der Waals surface area (Å²) in [5, 5.41) is 18.0. The van der Waals surface area contributed by atoms with E-state index in [1.807, 2.05) is 0 Å². The Kier molecular flexibility index (Phi) is 2.49. The number of hydrogen-bond acceptors (Lipinski definition) is 3. The fourth-order valence-electron chi connectivity index (χ4n) is 1.29. The average molecular weight is 208 g/mol. The van der Waals surface area contributed by atoms with Crippen molar-refractivity contribution in [3.8, 4) is 11.5 Å². The third kappa shape index (κ3) is 2.62. The highest BCUT2D eigenvalue weighted by Crippen LogP contribution is 2.30. The van der Waals surface area contributed by atoms with Crippen LogP contribution in [0.15, 0.2) is 18.2 Å². The Balaban J connectivity index is 2.10. The first-order valence-corrected chi connectivity index (χ1v) is 4.85. The van der Waals surface area contributed by atoms with Crippen molar-refractivity contribution in [2.75, 3.05) is 6.61 Å². The van der Waals surface area contributed by atoms with Gasteiger partial charge in [-0.05, 0) is 30.9 Å². The number of carboxylic acid groups (broad SMARTS) is 1. The third-order valence-corrected chi connectivity index (χ3v) is 2.32. The molecule has 1 aliphatic carbocycles. The molecule has 0 heterocycles. The number of carboxylic acids is 1. The maximum absolute atomic E-state index is 10.7. The second kappa shape index (κ2) is 3.81. The van der Waals surface area contributed by atoms with E-state index in [-0.39, 0.29) is 11.3 Å². The molecular weight excluding hydrogens is 196 g/mol. The van der Waals surface area contributed by atoms with Gasteiger partial charge >= 0.3 is 5.97 Å². The summed E-state index contributed by atoms with van der Waals surface area (Å²) in [7, 11) is 0. The lowest BCUT2D eigenvalue weighted by molar-refractivity contribution is 0.0696. The van der Waals surface area contributed by atoms with Gasteiger partial charge in [-0.25, -0.2) is 4.79 Å². The zero-order chi connectivity index (χ0) is 10.8. The molecule has 0 aromatic heterocycles. The van der Waals surface area contributed by atoms with Crippen molar-refractivity contribution >= 4 is 5.97 Å². The lowest BCUT2D eigenvalue weighted by Crippen LogP contribution is -2.01. The highest BCUT2D eigenvalue weighted by Gasteiger charge is 2.22. The highest BCUT2D eigenvalue weighted by molar-refractivity contribution is 5.88. The zero-order valence-corrected chi connectivity index (χ0v) is 8.14. The number of phenolic OH excluding ortho intramolecular Hbond substituents is 1. The lowest BCUT2D eigenvalue weighted by atomic mass is 10.2. The van der Waals surface area contributed by atoms with Crippen LogP contribution in [0, 0.1) is 5.92 Å². The van der Waals surface area contributed by atoms with Crippen LogP contribution in [0.3, 0.4) is 0 Å². The van der Waals surface area contributed by atoms with Gasteiger partial charge in [0, 0.05) is 6.07 Å². The molecule has 0 saturated heterocycles. The van der Waals surface area contributed by atoms with Gasteiger partial charge < -0.3 is 14.9 Å². The van der Waals surface area contributed by atoms with Crippen LogP contribution in [0.4, 0.5) is 0 Å². The van der Waals surface area contributed by atoms with Gasteiger partial charge in [0.2, 0.25) is 0 Å². The number of aromatic carboxylic acids is 1. The molecule has 2 rings (SSSR count). The van der Waals surface area contributed by atoms with Gasteiger partial charge in [0.1, 0.15) is 11.5 Å². The van der Waals surface area contributed by atoms with E-state index in [2.05, 4.69) is 0 Å². The van der Waals surface area contributed by atoms with Crippen LogP contribution in [0.2, 0.25) is 0 Å². The van der Waals surface area contributed by atoms with E-state index < -0.39 is 5.97 Å². The molecule has 4 nitrogen and oxygen atoms in total. The van der Waals surface area contributed by atoms with Crippen molar-refractivity contribution in [2.45, 2.75) is 12.8 Å². The second-order valence-electron chi connectivity index (χ2n) is 3.78. The minimum absolute atomic E-state index is 0.0424. The molecule has 0 aliphatic heterocycles. The molecule has 1 aromatic rings. The predicted molar refractivity (Wildman–Crippen MR) is 53.3 cm³/mol. The molecule has 1 saturated carbocycles. The van der Waals surface area contributed by atoms with E-state index >= 15 is 0 Å². The Hall–Kier alpha value is -1.71. The van der Waals surface area contributed by atoms with Gasteiger partial charge in [-0.15, -0.1) is 0 Å². The van der Waals surface area contributed by atoms with Crippen LogP contribution in [0.25, 0.3) is 0 Å². The molecule has 15 heavy (non-hydrogen) atoms. The van der Waals surface area contributed by atoms with Crippen LogP contribution in [0.5, 0.6) is 11.5 Å². The van der Waals surface area contributed by atoms with E-state index in [1.54, 1.807) is 0 Å². The van der Waals surface area contributed by atoms with Gasteiger partial charge in [0.15, 0.2) is 0 Å². The standard InChI is InChI=1S/C11H12O4/c12-9-3-8(11(13)14)4-10(5-9)15-6-7-1-2-7/h3-5,7,12H,1-2,6H2,(H,13,14). The van der Waals surface area contributed by atoms with Crippen molar-refractivity contribution in [3.05, 3.63) is 23.8 Å². The van der Waals surface area contributed by atoms with Crippen LogP contribution in [-0.4, -0.2) is 22.8 Å². The molecule has 1 aliphatic rings. The van der Waals surface area contributed by atoms with Crippen molar-refractivity contribution in [1.29, 1.82) is 0 Å². The number of phenols is 1. The summed E-state index contributed by atoms with van der Waals surface area (Å²) in [5.41, 5.74) is 0.0424. The topological polar surface area (TPSA) is 66.8 Å². The molecule has 1 fully saturated rings. The molecule has 0 bridgehead atoms. The Labute approximate surface area is 87.1 Å². The zero-order valence-electron chi connectivity index (χ0n) is 8.14. The fraction of sp³-hybridized carbons (Fsp3) is 0.364. The van der Waals surface area contributed by atoms with Crippen LogP contribution in [0.1, 0.15) is 23.2 Å². The fourth-order valence-corrected chi connectivity index (χ4v) is 1.29. The van der Waals surface area contributed by atoms with Crippen LogP contribution < -0.4 is 4.74 Å². The number of ether oxygens (including phenoxy) is 1. The minimum atomic E-state index is -1.07. The number of aromatic hydroxyl groups is 1. The molecule has 1 aromatic carbocycles. The largest absolute Gasteiger partial charge is 0.508 e. The van der Waals surface area contributed by atoms with E-state index in [9.17, 15) is 9.90 Å². The smallest absolute Gasteiger partial charge is 0.335 e. The molecular formula is C11H12O4. The maximum atomic E-state index is 10.7. The van der Waals surface area contributed by atoms with E-state index in [1.165, 1.54) is 31.0 Å². The number of benzene rings is 1. The van der Waals surface area contributed by atoms with Crippen LogP contribution in [-0.2, 0) is 0 Å². The normalized spacial score (nSPS) is 14.9. The Bertz CT molecular complexity index is 382. The van der Waals surface area contributed by atoms with Gasteiger partial charge in [0.25, 0.3) is 0 Å². The Morgan fingerprint density at radius 3 is 2.73 bits per heavy atom. The quantitative estimate of drug-likeness (QED) is 0.792. The highest BCUT2D eigenvalue weighted by atomic mass is 16.5. The molecule has 80 valence electrons. The summed E-state index contributed by atoms with van der Waals surface area (Å²) in [5.74, 6) is -0.136. The molecule has 4 heteroatoms. The second-order valence-corrected chi connectivity index (χ2v) is 3.78. The third-order valence-electron chi connectivity index (χ3n) is 2.32. The summed E-state index contributed by atoms with van der Waals surface area (Å²) in [4.78, 5) is 10.7. The first kappa shape index (κ1) is 9.83. The summed E-state index contributed by atoms with van der Waals surface area (Å²) in [6.45, 7) is 0.600. The average Bonchev–Trinajstić information content (AvgIpc) is 2.97. The van der Waals surface area contributed by atoms with Gasteiger partial charge in [-0.1, -0.05) is 0 Å². The maximum Gasteiger partial charge on any atom is 0.335 e. The van der Waals surface area contributed by atoms with Gasteiger partial charge in [0.05, 0.1) is 12.2 Å². The summed E-state index contributed by atoms with van der Waals surface area (Å²) >= 11 is 0. The molecule has 0 unspecified atom stereocenters. The minimum Gasteiger partial charge on any atom is -0.508 e. The Morgan fingerprint density at radius 1 is 1.40 bits per heavy atom. The molecule has 2 N–H and O–H groups in total. The van der Waals surface area contributed by atoms with E-state index in [0.29, 0.717) is 18.3 Å². The van der Waals surface area contributed by atoms with Gasteiger partial charge in [-0.3, -0.25) is 0 Å². The molecule has 0 amide bonds. The van der Waals surface area contributed by atoms with Crippen molar-refractivity contribution in [2.24, 2.45) is 5.92 Å². The molecule has 0 atom stereocenters. The van der Waals surface area contributed by atoms with Gasteiger partial charge in [-0.2, -0.15) is 0 Å². The monoisotopic (exact) mass is 208 g/mol. The number of rotatable bonds is 4. The molecule has 0 radical (unpaired) electrons. The van der Waals surface area contributed by atoms with Crippen molar-refractivity contribution < 1.29 is 19.7 Å². The van der Waals surface area contributed by atoms with Crippen molar-refractivity contribution in [1.82, 2.24) is 0 Å². The van der Waals surface area contributed by atoms with E-state index in [0.717, 1.165) is 0 Å². The SMILES string of the molecule is O=C(O)c1cc(O)cc(OCC2CC2)c1. The summed E-state index contributed by atoms with van der Waals surface area (Å²) < 4.78 is 5.38. The summed E-state index contributed by atoms with van der Waals surface area (Å²) in [6.07, 6.45) is 2.34. The van der Waals surface area contributed by atoms with Crippen molar-refractivity contribution in [3.63, 3.8) is 0 Å². The molecule has 0 spiro atoms. The van der Waals surface area contributed by atoms with E-state index in [4.69, 9.17) is 9.84 Å². The number of hydrogen-bond donors (Lipinski definition) is 2. The summed E-state index contributed by atoms with van der Waals surface area (Å²) in [6, 6.07) is 4.05. The number of carbonyl (C=O) groups is 1. The predicted octanol–water partition coefficient (Wildman–Crippen LogP) is 1.88. The first-order chi connectivity index (χ1) is 7.15.